The third kappa shape index (κ3) is 3.00. The maximum atomic E-state index is 13.1. The maximum Gasteiger partial charge on any atom is 0.227 e. The largest absolute Gasteiger partial charge is 0.378 e. The summed E-state index contributed by atoms with van der Waals surface area (Å²) in [6.07, 6.45) is 4.92. The molecule has 0 radical (unpaired) electrons. The third-order valence-electron chi connectivity index (χ3n) is 6.31. The van der Waals surface area contributed by atoms with Crippen molar-refractivity contribution in [3.8, 4) is 0 Å². The van der Waals surface area contributed by atoms with Crippen LogP contribution in [-0.4, -0.2) is 73.0 Å². The Morgan fingerprint density at radius 1 is 1.19 bits per heavy atom. The minimum atomic E-state index is -3.06. The van der Waals surface area contributed by atoms with Gasteiger partial charge in [0.15, 0.2) is 9.84 Å². The summed E-state index contributed by atoms with van der Waals surface area (Å²) in [6, 6.07) is 0.124. The van der Waals surface area contributed by atoms with Crippen molar-refractivity contribution in [2.75, 3.05) is 42.7 Å². The molecule has 0 aliphatic carbocycles. The second kappa shape index (κ2) is 6.41. The molecule has 3 atom stereocenters. The molecule has 0 N–H and O–H groups in total. The van der Waals surface area contributed by atoms with Gasteiger partial charge in [-0.3, -0.25) is 4.79 Å². The van der Waals surface area contributed by atoms with Gasteiger partial charge in [0.05, 0.1) is 42.4 Å². The van der Waals surface area contributed by atoms with Crippen LogP contribution in [0.5, 0.6) is 0 Å². The second-order valence-electron chi connectivity index (χ2n) is 7.97. The highest BCUT2D eigenvalue weighted by Crippen LogP contribution is 2.44. The standard InChI is InChI=1S/C18H24N4O4S/c23-17(12-3-8-27(24,25)11-12)22-13-1-2-16(22)14-10-19-18(20-15(14)9-13)21-4-6-26-7-5-21/h10,12-13,16H,1-9,11H2. The number of hydrogen-bond donors (Lipinski definition) is 0. The van der Waals surface area contributed by atoms with Gasteiger partial charge in [0.1, 0.15) is 0 Å². The second-order valence-corrected chi connectivity index (χ2v) is 10.2. The van der Waals surface area contributed by atoms with Crippen LogP contribution in [0.2, 0.25) is 0 Å². The fourth-order valence-electron chi connectivity index (χ4n) is 4.92. The lowest BCUT2D eigenvalue weighted by Crippen LogP contribution is -2.45. The van der Waals surface area contributed by atoms with Gasteiger partial charge in [0, 0.05) is 37.3 Å². The fraction of sp³-hybridized carbons (Fsp3) is 0.722. The summed E-state index contributed by atoms with van der Waals surface area (Å²) in [6.45, 7) is 2.98. The Morgan fingerprint density at radius 2 is 2.00 bits per heavy atom. The summed E-state index contributed by atoms with van der Waals surface area (Å²) in [5.74, 6) is 0.508. The Balaban J connectivity index is 1.40. The molecule has 1 aromatic rings. The van der Waals surface area contributed by atoms with Gasteiger partial charge < -0.3 is 14.5 Å². The summed E-state index contributed by atoms with van der Waals surface area (Å²) in [5, 5.41) is 0. The first-order chi connectivity index (χ1) is 13.0. The predicted octanol–water partition coefficient (Wildman–Crippen LogP) is 0.336. The molecule has 3 saturated heterocycles. The number of morpholine rings is 1. The molecule has 1 aromatic heterocycles. The van der Waals surface area contributed by atoms with E-state index >= 15 is 0 Å². The van der Waals surface area contributed by atoms with Crippen LogP contribution < -0.4 is 4.90 Å². The summed E-state index contributed by atoms with van der Waals surface area (Å²) in [7, 11) is -3.06. The number of anilines is 1. The number of sulfone groups is 1. The monoisotopic (exact) mass is 392 g/mol. The van der Waals surface area contributed by atoms with E-state index in [-0.39, 0.29) is 35.4 Å². The lowest BCUT2D eigenvalue weighted by Gasteiger charge is -2.37. The lowest BCUT2D eigenvalue weighted by molar-refractivity contribution is -0.138. The molecule has 2 bridgehead atoms. The van der Waals surface area contributed by atoms with E-state index in [1.54, 1.807) is 0 Å². The highest BCUT2D eigenvalue weighted by atomic mass is 32.2. The highest BCUT2D eigenvalue weighted by molar-refractivity contribution is 7.91. The maximum absolute atomic E-state index is 13.1. The van der Waals surface area contributed by atoms with Gasteiger partial charge in [0.2, 0.25) is 11.9 Å². The van der Waals surface area contributed by atoms with Crippen molar-refractivity contribution in [2.24, 2.45) is 5.92 Å². The molecule has 8 nitrogen and oxygen atoms in total. The fourth-order valence-corrected chi connectivity index (χ4v) is 6.65. The first-order valence-corrected chi connectivity index (χ1v) is 11.5. The minimum Gasteiger partial charge on any atom is -0.378 e. The Labute approximate surface area is 158 Å². The number of hydrogen-bond acceptors (Lipinski definition) is 7. The van der Waals surface area contributed by atoms with Gasteiger partial charge in [-0.15, -0.1) is 0 Å². The topological polar surface area (TPSA) is 92.7 Å². The first kappa shape index (κ1) is 17.4. The number of carbonyl (C=O) groups excluding carboxylic acids is 1. The highest BCUT2D eigenvalue weighted by Gasteiger charge is 2.47. The van der Waals surface area contributed by atoms with E-state index in [4.69, 9.17) is 9.72 Å². The Kier molecular flexibility index (Phi) is 4.12. The van der Waals surface area contributed by atoms with Gasteiger partial charge in [-0.1, -0.05) is 0 Å². The van der Waals surface area contributed by atoms with Crippen molar-refractivity contribution < 1.29 is 17.9 Å². The zero-order valence-corrected chi connectivity index (χ0v) is 16.0. The number of carbonyl (C=O) groups is 1. The zero-order valence-electron chi connectivity index (χ0n) is 15.2. The summed E-state index contributed by atoms with van der Waals surface area (Å²) >= 11 is 0. The SMILES string of the molecule is O=C(C1CCS(=O)(=O)C1)N1C2CCC1c1cnc(N3CCOCC3)nc1C2. The van der Waals surface area contributed by atoms with E-state index in [0.29, 0.717) is 19.6 Å². The van der Waals surface area contributed by atoms with Crippen molar-refractivity contribution >= 4 is 21.7 Å². The van der Waals surface area contributed by atoms with Gasteiger partial charge in [-0.05, 0) is 19.3 Å². The first-order valence-electron chi connectivity index (χ1n) is 9.73. The van der Waals surface area contributed by atoms with Crippen LogP contribution in [0.1, 0.15) is 36.6 Å². The average Bonchev–Trinajstić information content (AvgIpc) is 3.20. The van der Waals surface area contributed by atoms with Crippen molar-refractivity contribution in [2.45, 2.75) is 37.8 Å². The Morgan fingerprint density at radius 3 is 2.74 bits per heavy atom. The molecule has 4 aliphatic rings. The minimum absolute atomic E-state index is 0.00109. The summed E-state index contributed by atoms with van der Waals surface area (Å²) < 4.78 is 29.0. The number of ether oxygens (including phenoxy) is 1. The predicted molar refractivity (Wildman–Crippen MR) is 98.1 cm³/mol. The molecule has 27 heavy (non-hydrogen) atoms. The van der Waals surface area contributed by atoms with E-state index in [0.717, 1.165) is 49.6 Å². The van der Waals surface area contributed by atoms with E-state index in [9.17, 15) is 13.2 Å². The number of amides is 1. The zero-order chi connectivity index (χ0) is 18.6. The van der Waals surface area contributed by atoms with Crippen LogP contribution in [0.15, 0.2) is 6.20 Å². The molecule has 5 heterocycles. The van der Waals surface area contributed by atoms with E-state index in [1.807, 2.05) is 11.1 Å². The Hall–Kier alpha value is -1.74. The molecular formula is C18H24N4O4S. The molecule has 3 unspecified atom stereocenters. The normalized spacial score (nSPS) is 31.8. The molecule has 0 saturated carbocycles. The smallest absolute Gasteiger partial charge is 0.227 e. The molecule has 0 spiro atoms. The molecule has 3 fully saturated rings. The average molecular weight is 392 g/mol. The number of rotatable bonds is 2. The third-order valence-corrected chi connectivity index (χ3v) is 8.08. The number of aromatic nitrogens is 2. The molecule has 0 aromatic carbocycles. The van der Waals surface area contributed by atoms with Gasteiger partial charge in [0.25, 0.3) is 0 Å². The van der Waals surface area contributed by atoms with Crippen LogP contribution in [0.4, 0.5) is 5.95 Å². The summed E-state index contributed by atoms with van der Waals surface area (Å²) in [4.78, 5) is 26.6. The molecular weight excluding hydrogens is 368 g/mol. The molecule has 1 amide bonds. The van der Waals surface area contributed by atoms with Crippen molar-refractivity contribution in [3.05, 3.63) is 17.5 Å². The van der Waals surface area contributed by atoms with Crippen molar-refractivity contribution in [1.29, 1.82) is 0 Å². The van der Waals surface area contributed by atoms with Crippen LogP contribution in [0.3, 0.4) is 0 Å². The molecule has 4 aliphatic heterocycles. The van der Waals surface area contributed by atoms with Crippen LogP contribution in [-0.2, 0) is 25.8 Å². The van der Waals surface area contributed by atoms with E-state index < -0.39 is 9.84 Å². The van der Waals surface area contributed by atoms with Gasteiger partial charge >= 0.3 is 0 Å². The number of nitrogens with zero attached hydrogens (tertiary/aromatic N) is 4. The van der Waals surface area contributed by atoms with E-state index in [2.05, 4.69) is 9.88 Å². The summed E-state index contributed by atoms with van der Waals surface area (Å²) in [5.41, 5.74) is 2.08. The molecule has 5 rings (SSSR count). The van der Waals surface area contributed by atoms with Crippen LogP contribution >= 0.6 is 0 Å². The van der Waals surface area contributed by atoms with Crippen molar-refractivity contribution in [3.63, 3.8) is 0 Å². The Bertz CT molecular complexity index is 868. The van der Waals surface area contributed by atoms with Crippen molar-refractivity contribution in [1.82, 2.24) is 14.9 Å². The lowest BCUT2D eigenvalue weighted by atomic mass is 9.96. The quantitative estimate of drug-likeness (QED) is 0.716. The van der Waals surface area contributed by atoms with Crippen LogP contribution in [0.25, 0.3) is 0 Å². The van der Waals surface area contributed by atoms with Crippen LogP contribution in [0, 0.1) is 5.92 Å². The number of fused-ring (bicyclic) bond motifs is 4. The van der Waals surface area contributed by atoms with Gasteiger partial charge in [-0.2, -0.15) is 0 Å². The van der Waals surface area contributed by atoms with Gasteiger partial charge in [-0.25, -0.2) is 18.4 Å². The van der Waals surface area contributed by atoms with E-state index in [1.165, 1.54) is 0 Å². The molecule has 9 heteroatoms. The molecule has 146 valence electrons.